The molecule has 2 aromatic carbocycles. The van der Waals surface area contributed by atoms with E-state index in [4.69, 9.17) is 9.47 Å². The van der Waals surface area contributed by atoms with Gasteiger partial charge in [0.25, 0.3) is 0 Å². The zero-order valence-electron chi connectivity index (χ0n) is 10.4. The van der Waals surface area contributed by atoms with Crippen molar-refractivity contribution in [3.05, 3.63) is 59.2 Å². The molecule has 3 rings (SSSR count). The van der Waals surface area contributed by atoms with E-state index in [1.807, 2.05) is 0 Å². The average molecular weight is 276 g/mol. The minimum atomic E-state index is -1.06. The Morgan fingerprint density at radius 2 is 1.80 bits per heavy atom. The number of hydrogen-bond donors (Lipinski definition) is 0. The molecule has 0 spiro atoms. The van der Waals surface area contributed by atoms with Crippen molar-refractivity contribution in [3.63, 3.8) is 0 Å². The van der Waals surface area contributed by atoms with Crippen molar-refractivity contribution in [3.8, 4) is 11.5 Å². The van der Waals surface area contributed by atoms with Crippen molar-refractivity contribution in [1.29, 1.82) is 0 Å². The van der Waals surface area contributed by atoms with Crippen molar-refractivity contribution in [1.82, 2.24) is 0 Å². The molecule has 0 bridgehead atoms. The number of ketones is 1. The highest BCUT2D eigenvalue weighted by atomic mass is 19.2. The van der Waals surface area contributed by atoms with Gasteiger partial charge in [-0.15, -0.1) is 0 Å². The Morgan fingerprint density at radius 3 is 2.60 bits per heavy atom. The Labute approximate surface area is 113 Å². The quantitative estimate of drug-likeness (QED) is 0.791. The summed E-state index contributed by atoms with van der Waals surface area (Å²) in [6.45, 7) is 0.755. The summed E-state index contributed by atoms with van der Waals surface area (Å²) in [5.41, 5.74) is 0.333. The molecule has 0 aromatic heterocycles. The maximum absolute atomic E-state index is 13.2. The molecule has 0 amide bonds. The first-order valence-corrected chi connectivity index (χ1v) is 6.05. The Hall–Kier alpha value is -2.43. The van der Waals surface area contributed by atoms with Crippen LogP contribution in [0.2, 0.25) is 0 Å². The summed E-state index contributed by atoms with van der Waals surface area (Å²) in [5, 5.41) is 0. The highest BCUT2D eigenvalue weighted by Crippen LogP contribution is 2.34. The minimum absolute atomic E-state index is 0.0615. The predicted octanol–water partition coefficient (Wildman–Crippen LogP) is 2.97. The molecule has 3 nitrogen and oxygen atoms in total. The molecule has 0 radical (unpaired) electrons. The Kier molecular flexibility index (Phi) is 3.10. The number of carbonyl (C=O) groups is 1. The first-order chi connectivity index (χ1) is 9.66. The van der Waals surface area contributed by atoms with Crippen LogP contribution in [0.25, 0.3) is 0 Å². The second kappa shape index (κ2) is 4.92. The summed E-state index contributed by atoms with van der Waals surface area (Å²) in [4.78, 5) is 12.4. The molecule has 1 heterocycles. The van der Waals surface area contributed by atoms with Crippen LogP contribution in [0.5, 0.6) is 11.5 Å². The predicted molar refractivity (Wildman–Crippen MR) is 67.2 cm³/mol. The molecule has 0 saturated carbocycles. The molecule has 2 aromatic rings. The van der Waals surface area contributed by atoms with Crippen LogP contribution in [-0.2, 0) is 0 Å². The maximum atomic E-state index is 13.2. The van der Waals surface area contributed by atoms with Gasteiger partial charge in [0.2, 0.25) is 0 Å². The van der Waals surface area contributed by atoms with E-state index in [2.05, 4.69) is 0 Å². The highest BCUT2D eigenvalue weighted by molar-refractivity contribution is 6.11. The van der Waals surface area contributed by atoms with Gasteiger partial charge in [0.05, 0.1) is 5.56 Å². The molecule has 102 valence electrons. The average Bonchev–Trinajstić information content (AvgIpc) is 2.49. The molecule has 0 N–H and O–H groups in total. The fourth-order valence-corrected chi connectivity index (χ4v) is 2.05. The van der Waals surface area contributed by atoms with E-state index in [1.54, 1.807) is 18.2 Å². The van der Waals surface area contributed by atoms with Gasteiger partial charge in [0.1, 0.15) is 13.2 Å². The third-order valence-corrected chi connectivity index (χ3v) is 2.99. The topological polar surface area (TPSA) is 35.5 Å². The molecule has 0 saturated heterocycles. The Morgan fingerprint density at radius 1 is 1.00 bits per heavy atom. The molecule has 0 unspecified atom stereocenters. The summed E-state index contributed by atoms with van der Waals surface area (Å²) in [5.74, 6) is -1.67. The Balaban J connectivity index is 2.04. The van der Waals surface area contributed by atoms with Crippen LogP contribution in [0.4, 0.5) is 8.78 Å². The third kappa shape index (κ3) is 2.11. The molecular weight excluding hydrogens is 266 g/mol. The molecule has 20 heavy (non-hydrogen) atoms. The molecule has 1 aliphatic heterocycles. The lowest BCUT2D eigenvalue weighted by atomic mass is 10.0. The van der Waals surface area contributed by atoms with Crippen LogP contribution in [0.1, 0.15) is 15.9 Å². The van der Waals surface area contributed by atoms with E-state index in [9.17, 15) is 13.6 Å². The number of para-hydroxylation sites is 1. The summed E-state index contributed by atoms with van der Waals surface area (Å²) in [6.07, 6.45) is 0. The van der Waals surface area contributed by atoms with Crippen molar-refractivity contribution in [2.24, 2.45) is 0 Å². The van der Waals surface area contributed by atoms with Crippen molar-refractivity contribution < 1.29 is 23.0 Å². The fourth-order valence-electron chi connectivity index (χ4n) is 2.05. The van der Waals surface area contributed by atoms with Crippen molar-refractivity contribution in [2.45, 2.75) is 0 Å². The van der Waals surface area contributed by atoms with E-state index in [1.165, 1.54) is 6.07 Å². The number of benzene rings is 2. The minimum Gasteiger partial charge on any atom is -0.486 e. The normalized spacial score (nSPS) is 13.1. The molecule has 0 aliphatic carbocycles. The largest absolute Gasteiger partial charge is 0.486 e. The molecular formula is C15H10F2O3. The molecule has 0 atom stereocenters. The molecule has 0 fully saturated rings. The fraction of sp³-hybridized carbons (Fsp3) is 0.133. The van der Waals surface area contributed by atoms with Crippen LogP contribution in [0.15, 0.2) is 36.4 Å². The number of rotatable bonds is 2. The first-order valence-electron chi connectivity index (χ1n) is 6.05. The lowest BCUT2D eigenvalue weighted by molar-refractivity contribution is 0.102. The number of halogens is 2. The van der Waals surface area contributed by atoms with E-state index in [0.717, 1.165) is 12.1 Å². The van der Waals surface area contributed by atoms with Crippen LogP contribution in [-0.4, -0.2) is 19.0 Å². The lowest BCUT2D eigenvalue weighted by Crippen LogP contribution is -2.18. The van der Waals surface area contributed by atoms with Gasteiger partial charge >= 0.3 is 0 Å². The van der Waals surface area contributed by atoms with Gasteiger partial charge in [-0.2, -0.15) is 0 Å². The van der Waals surface area contributed by atoms with Gasteiger partial charge in [0, 0.05) is 5.56 Å². The Bertz CT molecular complexity index is 683. The van der Waals surface area contributed by atoms with Crippen molar-refractivity contribution >= 4 is 5.78 Å². The number of ether oxygens (including phenoxy) is 2. The third-order valence-electron chi connectivity index (χ3n) is 2.99. The summed E-state index contributed by atoms with van der Waals surface area (Å²) in [6, 6.07) is 7.95. The van der Waals surface area contributed by atoms with E-state index < -0.39 is 17.4 Å². The summed E-state index contributed by atoms with van der Waals surface area (Å²) in [7, 11) is 0. The zero-order valence-corrected chi connectivity index (χ0v) is 10.4. The van der Waals surface area contributed by atoms with Crippen LogP contribution in [0.3, 0.4) is 0 Å². The van der Waals surface area contributed by atoms with Crippen LogP contribution in [0, 0.1) is 11.6 Å². The van der Waals surface area contributed by atoms with Gasteiger partial charge in [0.15, 0.2) is 28.9 Å². The molecule has 1 aliphatic rings. The van der Waals surface area contributed by atoms with Crippen molar-refractivity contribution in [2.75, 3.05) is 13.2 Å². The van der Waals surface area contributed by atoms with Gasteiger partial charge in [-0.25, -0.2) is 8.78 Å². The summed E-state index contributed by atoms with van der Waals surface area (Å²) < 4.78 is 36.9. The van der Waals surface area contributed by atoms with Gasteiger partial charge in [-0.3, -0.25) is 4.79 Å². The monoisotopic (exact) mass is 276 g/mol. The van der Waals surface area contributed by atoms with Crippen LogP contribution >= 0.6 is 0 Å². The maximum Gasteiger partial charge on any atom is 0.197 e. The van der Waals surface area contributed by atoms with Crippen LogP contribution < -0.4 is 9.47 Å². The number of carbonyl (C=O) groups excluding carboxylic acids is 1. The standard InChI is InChI=1S/C15H10F2O3/c16-11-5-4-9(8-12(11)17)14(18)10-2-1-3-13-15(10)20-7-6-19-13/h1-5,8H,6-7H2. The summed E-state index contributed by atoms with van der Waals surface area (Å²) >= 11 is 0. The number of fused-ring (bicyclic) bond motifs is 1. The SMILES string of the molecule is O=C(c1ccc(F)c(F)c1)c1cccc2c1OCCO2. The van der Waals surface area contributed by atoms with E-state index >= 15 is 0 Å². The first kappa shape index (κ1) is 12.6. The lowest BCUT2D eigenvalue weighted by Gasteiger charge is -2.20. The highest BCUT2D eigenvalue weighted by Gasteiger charge is 2.21. The van der Waals surface area contributed by atoms with E-state index in [-0.39, 0.29) is 11.1 Å². The second-order valence-electron chi connectivity index (χ2n) is 4.29. The van der Waals surface area contributed by atoms with Gasteiger partial charge in [-0.1, -0.05) is 6.07 Å². The molecule has 5 heteroatoms. The van der Waals surface area contributed by atoms with Gasteiger partial charge < -0.3 is 9.47 Å². The van der Waals surface area contributed by atoms with Gasteiger partial charge in [-0.05, 0) is 30.3 Å². The zero-order chi connectivity index (χ0) is 14.1. The smallest absolute Gasteiger partial charge is 0.197 e. The van der Waals surface area contributed by atoms with E-state index in [0.29, 0.717) is 24.7 Å². The second-order valence-corrected chi connectivity index (χ2v) is 4.29. The number of hydrogen-bond acceptors (Lipinski definition) is 3.